The quantitative estimate of drug-likeness (QED) is 0.513. The predicted octanol–water partition coefficient (Wildman–Crippen LogP) is 0.246. The third-order valence-corrected chi connectivity index (χ3v) is 3.97. The molecule has 0 bridgehead atoms. The number of aromatic nitrogens is 3. The van der Waals surface area contributed by atoms with Gasteiger partial charge in [-0.15, -0.1) is 11.3 Å². The highest BCUT2D eigenvalue weighted by molar-refractivity contribution is 7.99. The first-order valence-corrected chi connectivity index (χ1v) is 8.06. The van der Waals surface area contributed by atoms with Gasteiger partial charge < -0.3 is 15.6 Å². The fourth-order valence-corrected chi connectivity index (χ4v) is 2.71. The second kappa shape index (κ2) is 7.71. The van der Waals surface area contributed by atoms with Crippen molar-refractivity contribution in [2.75, 3.05) is 18.1 Å². The van der Waals surface area contributed by atoms with Gasteiger partial charge in [-0.2, -0.15) is 0 Å². The lowest BCUT2D eigenvalue weighted by atomic mass is 10.3. The van der Waals surface area contributed by atoms with Gasteiger partial charge in [-0.1, -0.05) is 11.8 Å². The van der Waals surface area contributed by atoms with Crippen molar-refractivity contribution in [1.82, 2.24) is 20.3 Å². The average Bonchev–Trinajstić information content (AvgIpc) is 2.97. The highest BCUT2D eigenvalue weighted by Crippen LogP contribution is 2.14. The van der Waals surface area contributed by atoms with E-state index < -0.39 is 0 Å². The summed E-state index contributed by atoms with van der Waals surface area (Å²) in [6.45, 7) is 0. The molecule has 8 nitrogen and oxygen atoms in total. The molecule has 10 heteroatoms. The van der Waals surface area contributed by atoms with Crippen molar-refractivity contribution < 1.29 is 9.59 Å². The number of rotatable bonds is 6. The molecule has 0 aliphatic carbocycles. The van der Waals surface area contributed by atoms with Crippen LogP contribution in [0.4, 0.5) is 5.13 Å². The zero-order valence-electron chi connectivity index (χ0n) is 11.6. The second-order valence-electron chi connectivity index (χ2n) is 4.07. The fraction of sp³-hybridized carbons (Fsp3) is 0.250. The molecule has 0 saturated heterocycles. The number of thioether (sulfide) groups is 1. The van der Waals surface area contributed by atoms with Crippen LogP contribution >= 0.6 is 23.1 Å². The van der Waals surface area contributed by atoms with Gasteiger partial charge in [-0.3, -0.25) is 14.4 Å². The molecule has 0 unspecified atom stereocenters. The molecular weight excluding hydrogens is 326 g/mol. The third kappa shape index (κ3) is 4.97. The molecule has 2 aromatic rings. The number of carbonyl (C=O) groups excluding carboxylic acids is 2. The van der Waals surface area contributed by atoms with Crippen LogP contribution in [0.2, 0.25) is 0 Å². The van der Waals surface area contributed by atoms with E-state index in [-0.39, 0.29) is 29.5 Å². The Labute approximate surface area is 133 Å². The van der Waals surface area contributed by atoms with Crippen molar-refractivity contribution in [1.29, 1.82) is 0 Å². The Bertz CT molecular complexity index is 714. The van der Waals surface area contributed by atoms with E-state index in [9.17, 15) is 14.4 Å². The molecule has 0 spiro atoms. The number of carbonyl (C=O) groups is 2. The number of nitrogens with one attached hydrogen (secondary N) is 3. The van der Waals surface area contributed by atoms with Crippen LogP contribution in [-0.4, -0.2) is 39.6 Å². The molecule has 3 N–H and O–H groups in total. The minimum atomic E-state index is -0.364. The lowest BCUT2D eigenvalue weighted by Crippen LogP contribution is -2.22. The van der Waals surface area contributed by atoms with Crippen molar-refractivity contribution in [3.63, 3.8) is 0 Å². The highest BCUT2D eigenvalue weighted by atomic mass is 32.2. The van der Waals surface area contributed by atoms with Crippen molar-refractivity contribution in [3.8, 4) is 0 Å². The van der Waals surface area contributed by atoms with E-state index in [2.05, 4.69) is 25.6 Å². The van der Waals surface area contributed by atoms with Crippen LogP contribution in [-0.2, 0) is 16.0 Å². The van der Waals surface area contributed by atoms with Gasteiger partial charge in [0.25, 0.3) is 5.56 Å². The smallest absolute Gasteiger partial charge is 0.251 e. The zero-order chi connectivity index (χ0) is 15.9. The first-order valence-electron chi connectivity index (χ1n) is 6.20. The van der Waals surface area contributed by atoms with Gasteiger partial charge in [-0.25, -0.2) is 9.97 Å². The fourth-order valence-electron chi connectivity index (χ4n) is 1.47. The number of hydrogen-bond donors (Lipinski definition) is 3. The molecule has 2 heterocycles. The highest BCUT2D eigenvalue weighted by Gasteiger charge is 2.09. The molecule has 0 aliphatic rings. The molecule has 2 amide bonds. The van der Waals surface area contributed by atoms with E-state index in [1.807, 2.05) is 0 Å². The summed E-state index contributed by atoms with van der Waals surface area (Å²) in [5, 5.41) is 7.65. The molecule has 0 atom stereocenters. The van der Waals surface area contributed by atoms with Crippen LogP contribution in [0, 0.1) is 0 Å². The Morgan fingerprint density at radius 2 is 2.23 bits per heavy atom. The van der Waals surface area contributed by atoms with E-state index in [1.54, 1.807) is 11.6 Å². The van der Waals surface area contributed by atoms with Gasteiger partial charge in [0.05, 0.1) is 17.9 Å². The van der Waals surface area contributed by atoms with E-state index >= 15 is 0 Å². The predicted molar refractivity (Wildman–Crippen MR) is 84.1 cm³/mol. The lowest BCUT2D eigenvalue weighted by Gasteiger charge is -2.04. The van der Waals surface area contributed by atoms with Gasteiger partial charge in [0.2, 0.25) is 11.8 Å². The Hall–Kier alpha value is -2.20. The second-order valence-corrected chi connectivity index (χ2v) is 5.92. The maximum absolute atomic E-state index is 11.7. The average molecular weight is 339 g/mol. The molecule has 0 fully saturated rings. The summed E-state index contributed by atoms with van der Waals surface area (Å²) in [7, 11) is 1.51. The number of amides is 2. The lowest BCUT2D eigenvalue weighted by molar-refractivity contribution is -0.120. The van der Waals surface area contributed by atoms with Crippen molar-refractivity contribution >= 4 is 40.0 Å². The molecule has 116 valence electrons. The summed E-state index contributed by atoms with van der Waals surface area (Å²) < 4.78 is 0. The standard InChI is InChI=1S/C12H13N5O3S2/c1-13-8(18)4-7-5-9(19)16-12(15-7)22-6-10(20)17-11-14-2-3-21-11/h2-3,5H,4,6H2,1H3,(H,13,18)(H,14,17,20)(H,15,16,19). The van der Waals surface area contributed by atoms with Gasteiger partial charge in [0.15, 0.2) is 10.3 Å². The maximum Gasteiger partial charge on any atom is 0.251 e. The van der Waals surface area contributed by atoms with Crippen molar-refractivity contribution in [3.05, 3.63) is 33.7 Å². The molecule has 22 heavy (non-hydrogen) atoms. The molecule has 2 rings (SSSR count). The number of nitrogens with zero attached hydrogens (tertiary/aromatic N) is 2. The Kier molecular flexibility index (Phi) is 5.67. The summed E-state index contributed by atoms with van der Waals surface area (Å²) >= 11 is 2.40. The molecule has 0 radical (unpaired) electrons. The molecule has 0 aliphatic heterocycles. The number of aromatic amines is 1. The number of thiazole rings is 1. The van der Waals surface area contributed by atoms with Gasteiger partial charge in [0, 0.05) is 24.7 Å². The van der Waals surface area contributed by atoms with Crippen LogP contribution in [0.25, 0.3) is 0 Å². The minimum Gasteiger partial charge on any atom is -0.359 e. The number of hydrogen-bond acceptors (Lipinski definition) is 7. The van der Waals surface area contributed by atoms with Crippen molar-refractivity contribution in [2.24, 2.45) is 0 Å². The van der Waals surface area contributed by atoms with Crippen LogP contribution in [0.15, 0.2) is 27.6 Å². The van der Waals surface area contributed by atoms with E-state index in [0.717, 1.165) is 11.8 Å². The van der Waals surface area contributed by atoms with Crippen LogP contribution < -0.4 is 16.2 Å². The molecule has 2 aromatic heterocycles. The SMILES string of the molecule is CNC(=O)Cc1cc(=O)[nH]c(SCC(=O)Nc2nccs2)n1. The monoisotopic (exact) mass is 339 g/mol. The number of H-pyrrole nitrogens is 1. The summed E-state index contributed by atoms with van der Waals surface area (Å²) in [6.07, 6.45) is 1.61. The van der Waals surface area contributed by atoms with Crippen molar-refractivity contribution in [2.45, 2.75) is 11.6 Å². The Morgan fingerprint density at radius 3 is 2.91 bits per heavy atom. The summed E-state index contributed by atoms with van der Waals surface area (Å²) in [5.74, 6) is -0.416. The van der Waals surface area contributed by atoms with E-state index in [0.29, 0.717) is 16.0 Å². The third-order valence-electron chi connectivity index (χ3n) is 2.41. The largest absolute Gasteiger partial charge is 0.359 e. The summed E-state index contributed by atoms with van der Waals surface area (Å²) in [4.78, 5) is 45.2. The Balaban J connectivity index is 1.95. The molecular formula is C12H13N5O3S2. The van der Waals surface area contributed by atoms with E-state index in [1.165, 1.54) is 24.5 Å². The van der Waals surface area contributed by atoms with Gasteiger partial charge in [-0.05, 0) is 0 Å². The van der Waals surface area contributed by atoms with Gasteiger partial charge in [0.1, 0.15) is 0 Å². The first-order chi connectivity index (χ1) is 10.6. The molecule has 0 saturated carbocycles. The topological polar surface area (TPSA) is 117 Å². The summed E-state index contributed by atoms with van der Waals surface area (Å²) in [6, 6.07) is 1.26. The van der Waals surface area contributed by atoms with Gasteiger partial charge >= 0.3 is 0 Å². The number of anilines is 1. The molecule has 0 aromatic carbocycles. The Morgan fingerprint density at radius 1 is 1.41 bits per heavy atom. The first kappa shape index (κ1) is 16.2. The normalized spacial score (nSPS) is 10.2. The van der Waals surface area contributed by atoms with Crippen LogP contribution in [0.3, 0.4) is 0 Å². The number of likely N-dealkylation sites (N-methyl/N-ethyl adjacent to an activating group) is 1. The zero-order valence-corrected chi connectivity index (χ0v) is 13.2. The van der Waals surface area contributed by atoms with Crippen LogP contribution in [0.5, 0.6) is 0 Å². The van der Waals surface area contributed by atoms with E-state index in [4.69, 9.17) is 0 Å². The maximum atomic E-state index is 11.7. The summed E-state index contributed by atoms with van der Waals surface area (Å²) in [5.41, 5.74) is -0.0114. The minimum absolute atomic E-state index is 0.0132. The van der Waals surface area contributed by atoms with Crippen LogP contribution in [0.1, 0.15) is 5.69 Å².